The smallest absolute Gasteiger partial charge is 0.349 e. The molecule has 0 N–H and O–H groups in total. The van der Waals surface area contributed by atoms with Crippen LogP contribution in [0.25, 0.3) is 11.0 Å². The Morgan fingerprint density at radius 3 is 2.54 bits per heavy atom. The van der Waals surface area contributed by atoms with E-state index in [1.807, 2.05) is 36.4 Å². The standard InChI is InChI=1S/C19H14N2O3/c20-10-11-21(13-14-6-2-1-3-7-14)18(22)16-12-15-8-4-5-9-17(15)24-19(16)23/h1-9,12H,11,13H2. The average molecular weight is 318 g/mol. The molecule has 0 aliphatic rings. The van der Waals surface area contributed by atoms with Gasteiger partial charge in [0.15, 0.2) is 0 Å². The van der Waals surface area contributed by atoms with Crippen molar-refractivity contribution < 1.29 is 9.21 Å². The molecule has 1 amide bonds. The van der Waals surface area contributed by atoms with E-state index in [1.54, 1.807) is 24.3 Å². The van der Waals surface area contributed by atoms with Crippen molar-refractivity contribution >= 4 is 16.9 Å². The number of amides is 1. The highest BCUT2D eigenvalue weighted by atomic mass is 16.4. The van der Waals surface area contributed by atoms with E-state index in [2.05, 4.69) is 0 Å². The molecule has 0 aliphatic heterocycles. The van der Waals surface area contributed by atoms with Gasteiger partial charge in [0.2, 0.25) is 0 Å². The van der Waals surface area contributed by atoms with E-state index < -0.39 is 11.5 Å². The quantitative estimate of drug-likeness (QED) is 0.547. The SMILES string of the molecule is N#CCN(Cc1ccccc1)C(=O)c1cc2ccccc2oc1=O. The molecule has 3 aromatic rings. The third-order valence-electron chi connectivity index (χ3n) is 3.64. The van der Waals surface area contributed by atoms with Gasteiger partial charge in [-0.1, -0.05) is 48.5 Å². The van der Waals surface area contributed by atoms with Crippen molar-refractivity contribution in [3.63, 3.8) is 0 Å². The van der Waals surface area contributed by atoms with E-state index in [0.717, 1.165) is 5.56 Å². The van der Waals surface area contributed by atoms with Gasteiger partial charge in [-0.15, -0.1) is 0 Å². The lowest BCUT2D eigenvalue weighted by atomic mass is 10.1. The molecule has 5 heteroatoms. The molecule has 118 valence electrons. The van der Waals surface area contributed by atoms with Gasteiger partial charge in [0.05, 0.1) is 6.07 Å². The summed E-state index contributed by atoms with van der Waals surface area (Å²) in [7, 11) is 0. The summed E-state index contributed by atoms with van der Waals surface area (Å²) < 4.78 is 5.21. The Kier molecular flexibility index (Phi) is 4.39. The molecule has 3 rings (SSSR count). The number of para-hydroxylation sites is 1. The van der Waals surface area contributed by atoms with Gasteiger partial charge in [-0.2, -0.15) is 5.26 Å². The van der Waals surface area contributed by atoms with E-state index in [0.29, 0.717) is 11.0 Å². The van der Waals surface area contributed by atoms with Crippen LogP contribution in [0.1, 0.15) is 15.9 Å². The van der Waals surface area contributed by atoms with Gasteiger partial charge in [-0.3, -0.25) is 4.79 Å². The first-order valence-corrected chi connectivity index (χ1v) is 7.42. The van der Waals surface area contributed by atoms with Crippen molar-refractivity contribution in [2.24, 2.45) is 0 Å². The Labute approximate surface area is 138 Å². The van der Waals surface area contributed by atoms with Crippen LogP contribution in [0.4, 0.5) is 0 Å². The maximum Gasteiger partial charge on any atom is 0.349 e. The van der Waals surface area contributed by atoms with Crippen LogP contribution < -0.4 is 5.63 Å². The van der Waals surface area contributed by atoms with Gasteiger partial charge in [0.1, 0.15) is 17.7 Å². The number of rotatable bonds is 4. The fourth-order valence-corrected chi connectivity index (χ4v) is 2.47. The van der Waals surface area contributed by atoms with Crippen LogP contribution in [0.2, 0.25) is 0 Å². The first kappa shape index (κ1) is 15.5. The van der Waals surface area contributed by atoms with Crippen LogP contribution in [-0.2, 0) is 6.54 Å². The summed E-state index contributed by atoms with van der Waals surface area (Å²) in [6.07, 6.45) is 0. The summed E-state index contributed by atoms with van der Waals surface area (Å²) >= 11 is 0. The molecule has 0 spiro atoms. The van der Waals surface area contributed by atoms with Crippen LogP contribution in [-0.4, -0.2) is 17.4 Å². The number of hydrogen-bond donors (Lipinski definition) is 0. The second-order valence-corrected chi connectivity index (χ2v) is 5.29. The number of carbonyl (C=O) groups is 1. The van der Waals surface area contributed by atoms with Crippen molar-refractivity contribution in [1.82, 2.24) is 4.90 Å². The molecule has 1 heterocycles. The molecule has 0 aliphatic carbocycles. The molecule has 5 nitrogen and oxygen atoms in total. The normalized spacial score (nSPS) is 10.3. The monoisotopic (exact) mass is 318 g/mol. The van der Waals surface area contributed by atoms with Crippen LogP contribution in [0, 0.1) is 11.3 Å². The number of fused-ring (bicyclic) bond motifs is 1. The molecule has 0 saturated carbocycles. The fourth-order valence-electron chi connectivity index (χ4n) is 2.47. The maximum absolute atomic E-state index is 12.7. The fraction of sp³-hybridized carbons (Fsp3) is 0.105. The highest BCUT2D eigenvalue weighted by Crippen LogP contribution is 2.15. The summed E-state index contributed by atoms with van der Waals surface area (Å²) in [4.78, 5) is 26.2. The number of hydrogen-bond acceptors (Lipinski definition) is 4. The van der Waals surface area contributed by atoms with Crippen LogP contribution in [0.5, 0.6) is 0 Å². The molecule has 24 heavy (non-hydrogen) atoms. The van der Waals surface area contributed by atoms with Crippen LogP contribution in [0.15, 0.2) is 69.9 Å². The van der Waals surface area contributed by atoms with Gasteiger partial charge in [0, 0.05) is 11.9 Å². The molecule has 0 atom stereocenters. The number of nitriles is 1. The molecule has 0 saturated heterocycles. The van der Waals surface area contributed by atoms with Crippen molar-refractivity contribution in [2.45, 2.75) is 6.54 Å². The Morgan fingerprint density at radius 2 is 1.79 bits per heavy atom. The van der Waals surface area contributed by atoms with Crippen LogP contribution in [0.3, 0.4) is 0 Å². The zero-order valence-corrected chi connectivity index (χ0v) is 12.8. The summed E-state index contributed by atoms with van der Waals surface area (Å²) in [6, 6.07) is 19.8. The Morgan fingerprint density at radius 1 is 1.08 bits per heavy atom. The lowest BCUT2D eigenvalue weighted by Gasteiger charge is -2.19. The molecular weight excluding hydrogens is 304 g/mol. The Balaban J connectivity index is 1.97. The van der Waals surface area contributed by atoms with Gasteiger partial charge in [-0.05, 0) is 17.7 Å². The Hall–Kier alpha value is -3.39. The van der Waals surface area contributed by atoms with E-state index in [9.17, 15) is 9.59 Å². The van der Waals surface area contributed by atoms with Crippen molar-refractivity contribution in [1.29, 1.82) is 5.26 Å². The van der Waals surface area contributed by atoms with Gasteiger partial charge < -0.3 is 9.32 Å². The number of carbonyl (C=O) groups excluding carboxylic acids is 1. The first-order valence-electron chi connectivity index (χ1n) is 7.42. The van der Waals surface area contributed by atoms with E-state index in [-0.39, 0.29) is 18.7 Å². The summed E-state index contributed by atoms with van der Waals surface area (Å²) in [5.74, 6) is -0.514. The maximum atomic E-state index is 12.7. The summed E-state index contributed by atoms with van der Waals surface area (Å²) in [6.45, 7) is 0.138. The topological polar surface area (TPSA) is 74.3 Å². The number of nitrogens with zero attached hydrogens (tertiary/aromatic N) is 2. The van der Waals surface area contributed by atoms with Crippen LogP contribution >= 0.6 is 0 Å². The van der Waals surface area contributed by atoms with E-state index >= 15 is 0 Å². The molecule has 0 unspecified atom stereocenters. The predicted molar refractivity (Wildman–Crippen MR) is 89.3 cm³/mol. The minimum Gasteiger partial charge on any atom is -0.422 e. The van der Waals surface area contributed by atoms with Crippen molar-refractivity contribution in [3.05, 3.63) is 82.2 Å². The first-order chi connectivity index (χ1) is 11.7. The molecule has 1 aromatic heterocycles. The minimum absolute atomic E-state index is 0.0696. The average Bonchev–Trinajstić information content (AvgIpc) is 2.61. The third kappa shape index (κ3) is 3.18. The third-order valence-corrected chi connectivity index (χ3v) is 3.64. The zero-order chi connectivity index (χ0) is 16.9. The molecule has 0 bridgehead atoms. The molecule has 2 aromatic carbocycles. The Bertz CT molecular complexity index is 971. The van der Waals surface area contributed by atoms with Gasteiger partial charge in [-0.25, -0.2) is 4.79 Å². The van der Waals surface area contributed by atoms with Gasteiger partial charge in [0.25, 0.3) is 5.91 Å². The lowest BCUT2D eigenvalue weighted by molar-refractivity contribution is 0.0761. The predicted octanol–water partition coefficient (Wildman–Crippen LogP) is 2.96. The van der Waals surface area contributed by atoms with Crippen molar-refractivity contribution in [3.8, 4) is 6.07 Å². The van der Waals surface area contributed by atoms with Gasteiger partial charge >= 0.3 is 5.63 Å². The second kappa shape index (κ2) is 6.80. The largest absolute Gasteiger partial charge is 0.422 e. The molecule has 0 fully saturated rings. The highest BCUT2D eigenvalue weighted by Gasteiger charge is 2.20. The van der Waals surface area contributed by atoms with E-state index in [4.69, 9.17) is 9.68 Å². The summed E-state index contributed by atoms with van der Waals surface area (Å²) in [5.41, 5.74) is 0.537. The zero-order valence-electron chi connectivity index (χ0n) is 12.8. The molecule has 0 radical (unpaired) electrons. The van der Waals surface area contributed by atoms with Crippen molar-refractivity contribution in [2.75, 3.05) is 6.54 Å². The lowest BCUT2D eigenvalue weighted by Crippen LogP contribution is -2.34. The molecular formula is C19H14N2O3. The number of benzene rings is 2. The van der Waals surface area contributed by atoms with E-state index in [1.165, 1.54) is 11.0 Å². The second-order valence-electron chi connectivity index (χ2n) is 5.29. The highest BCUT2D eigenvalue weighted by molar-refractivity contribution is 5.96. The minimum atomic E-state index is -0.699. The summed E-state index contributed by atoms with van der Waals surface area (Å²) in [5, 5.41) is 9.67.